The second-order valence-corrected chi connectivity index (χ2v) is 0. The van der Waals surface area contributed by atoms with Gasteiger partial charge in [0.1, 0.15) is 0 Å². The van der Waals surface area contributed by atoms with E-state index >= 15 is 0 Å². The van der Waals surface area contributed by atoms with Crippen LogP contribution in [-0.4, -0.2) is 32.9 Å². The molecule has 0 aromatic rings. The van der Waals surface area contributed by atoms with E-state index in [0.29, 0.717) is 0 Å². The van der Waals surface area contributed by atoms with Crippen LogP contribution in [0.2, 0.25) is 0 Å². The molecule has 0 radical (unpaired) electrons. The molecular weight excluding hydrogens is 326 g/mol. The van der Waals surface area contributed by atoms with E-state index in [1.54, 1.807) is 0 Å². The van der Waals surface area contributed by atoms with E-state index < -0.39 is 0 Å². The van der Waals surface area contributed by atoms with E-state index in [1.165, 1.54) is 0 Å². The van der Waals surface area contributed by atoms with E-state index in [4.69, 9.17) is 0 Å². The molecular formula is H13BrO6Sm. The standard InChI is InChI=1S/BrH.6H2O.Sm/h1H;6*1H2;. The zero-order valence-corrected chi connectivity index (χ0v) is 8.15. The third kappa shape index (κ3) is 132. The summed E-state index contributed by atoms with van der Waals surface area (Å²) in [6.45, 7) is 0. The van der Waals surface area contributed by atoms with E-state index in [9.17, 15) is 0 Å². The van der Waals surface area contributed by atoms with Crippen molar-refractivity contribution in [1.82, 2.24) is 0 Å². The summed E-state index contributed by atoms with van der Waals surface area (Å²) in [7, 11) is 0. The van der Waals surface area contributed by atoms with Gasteiger partial charge in [-0.05, 0) is 0 Å². The second-order valence-electron chi connectivity index (χ2n) is 0. The first-order valence-corrected chi connectivity index (χ1v) is 0. The van der Waals surface area contributed by atoms with E-state index in [0.717, 1.165) is 0 Å². The average Bonchev–Trinajstić information content (AvgIpc) is 0. The summed E-state index contributed by atoms with van der Waals surface area (Å²) in [6, 6.07) is 0. The zero-order chi connectivity index (χ0) is 0. The van der Waals surface area contributed by atoms with Gasteiger partial charge in [-0.25, -0.2) is 0 Å². The minimum Gasteiger partial charge on any atom is -0.412 e. The Balaban J connectivity index is 0. The van der Waals surface area contributed by atoms with Gasteiger partial charge in [-0.15, -0.1) is 17.0 Å². The molecule has 0 aliphatic rings. The average molecular weight is 339 g/mol. The summed E-state index contributed by atoms with van der Waals surface area (Å²) in [5.41, 5.74) is 0. The van der Waals surface area contributed by atoms with Crippen LogP contribution in [0.4, 0.5) is 0 Å². The van der Waals surface area contributed by atoms with Crippen LogP contribution in [0, 0.1) is 40.4 Å². The van der Waals surface area contributed by atoms with Crippen LogP contribution in [0.1, 0.15) is 0 Å². The van der Waals surface area contributed by atoms with Crippen molar-refractivity contribution in [2.75, 3.05) is 0 Å². The molecule has 0 aliphatic carbocycles. The molecule has 0 bridgehead atoms. The molecule has 0 unspecified atom stereocenters. The fourth-order valence-electron chi connectivity index (χ4n) is 0. The third-order valence-electron chi connectivity index (χ3n) is 0. The zero-order valence-electron chi connectivity index (χ0n) is 3.82. The molecule has 62 valence electrons. The van der Waals surface area contributed by atoms with Crippen molar-refractivity contribution in [3.05, 3.63) is 0 Å². The van der Waals surface area contributed by atoms with Crippen LogP contribution in [0.3, 0.4) is 0 Å². The maximum absolute atomic E-state index is 0. The van der Waals surface area contributed by atoms with Crippen LogP contribution in [0.25, 0.3) is 0 Å². The Hall–Kier alpha value is 1.58. The van der Waals surface area contributed by atoms with Crippen molar-refractivity contribution in [2.45, 2.75) is 0 Å². The summed E-state index contributed by atoms with van der Waals surface area (Å²) in [4.78, 5) is 0. The Kier molecular flexibility index (Phi) is 7000. The Labute approximate surface area is 89.4 Å². The Morgan fingerprint density at radius 2 is 0.375 bits per heavy atom. The molecule has 0 aromatic carbocycles. The number of hydrogen-bond acceptors (Lipinski definition) is 0. The summed E-state index contributed by atoms with van der Waals surface area (Å²) in [5.74, 6) is 0. The molecule has 0 amide bonds. The normalized spacial score (nSPS) is 0. The molecule has 12 N–H and O–H groups in total. The van der Waals surface area contributed by atoms with Crippen LogP contribution >= 0.6 is 17.0 Å². The number of hydrogen-bond donors (Lipinski definition) is 0. The van der Waals surface area contributed by atoms with Crippen LogP contribution in [0.15, 0.2) is 0 Å². The van der Waals surface area contributed by atoms with Crippen LogP contribution in [0.5, 0.6) is 0 Å². The van der Waals surface area contributed by atoms with Gasteiger partial charge < -0.3 is 32.9 Å². The minimum absolute atomic E-state index is 0. The summed E-state index contributed by atoms with van der Waals surface area (Å²) in [5, 5.41) is 0. The van der Waals surface area contributed by atoms with Crippen molar-refractivity contribution in [2.24, 2.45) is 0 Å². The SMILES string of the molecule is Br.O.O.O.O.O.O.[Sm]. The predicted octanol–water partition coefficient (Wildman–Crippen LogP) is -4.37. The van der Waals surface area contributed by atoms with Gasteiger partial charge in [0.25, 0.3) is 0 Å². The van der Waals surface area contributed by atoms with E-state index in [2.05, 4.69) is 0 Å². The first-order valence-electron chi connectivity index (χ1n) is 0. The first-order chi connectivity index (χ1) is 0. The van der Waals surface area contributed by atoms with E-state index in [1.807, 2.05) is 0 Å². The molecule has 6 nitrogen and oxygen atoms in total. The van der Waals surface area contributed by atoms with Crippen molar-refractivity contribution in [1.29, 1.82) is 0 Å². The molecule has 0 aliphatic heterocycles. The van der Waals surface area contributed by atoms with Gasteiger partial charge in [0.15, 0.2) is 0 Å². The van der Waals surface area contributed by atoms with Gasteiger partial charge in [-0.1, -0.05) is 0 Å². The second kappa shape index (κ2) is 198. The van der Waals surface area contributed by atoms with Crippen LogP contribution in [-0.2, 0) is 0 Å². The maximum atomic E-state index is 0. The molecule has 8 heavy (non-hydrogen) atoms. The molecule has 0 rings (SSSR count). The quantitative estimate of drug-likeness (QED) is 0.412. The molecule has 0 saturated carbocycles. The van der Waals surface area contributed by atoms with Crippen molar-refractivity contribution in [3.63, 3.8) is 0 Å². The molecule has 0 aromatic heterocycles. The Bertz CT molecular complexity index is 8.49. The van der Waals surface area contributed by atoms with Crippen molar-refractivity contribution >= 4 is 17.0 Å². The van der Waals surface area contributed by atoms with Crippen LogP contribution < -0.4 is 0 Å². The molecule has 8 heteroatoms. The molecule has 0 atom stereocenters. The van der Waals surface area contributed by atoms with Gasteiger partial charge in [-0.3, -0.25) is 0 Å². The summed E-state index contributed by atoms with van der Waals surface area (Å²) < 4.78 is 0. The van der Waals surface area contributed by atoms with Gasteiger partial charge in [-0.2, -0.15) is 0 Å². The third-order valence-corrected chi connectivity index (χ3v) is 0. The molecule has 0 spiro atoms. The fourth-order valence-corrected chi connectivity index (χ4v) is 0. The number of rotatable bonds is 0. The maximum Gasteiger partial charge on any atom is 0 e. The minimum atomic E-state index is 0. The van der Waals surface area contributed by atoms with Crippen molar-refractivity contribution < 1.29 is 73.2 Å². The predicted molar refractivity (Wildman–Crippen MR) is 32.0 cm³/mol. The van der Waals surface area contributed by atoms with Gasteiger partial charge in [0, 0.05) is 40.4 Å². The topological polar surface area (TPSA) is 189 Å². The molecule has 0 saturated heterocycles. The smallest absolute Gasteiger partial charge is 0 e. The molecule has 0 heterocycles. The summed E-state index contributed by atoms with van der Waals surface area (Å²) >= 11 is 0. The van der Waals surface area contributed by atoms with Gasteiger partial charge >= 0.3 is 0 Å². The number of halogens is 1. The van der Waals surface area contributed by atoms with E-state index in [-0.39, 0.29) is 90.2 Å². The fraction of sp³-hybridized carbons (Fsp3) is 0. The monoisotopic (exact) mass is 340 g/mol. The molecule has 0 fully saturated rings. The van der Waals surface area contributed by atoms with Gasteiger partial charge in [0.05, 0.1) is 0 Å². The van der Waals surface area contributed by atoms with Gasteiger partial charge in [0.2, 0.25) is 0 Å². The largest absolute Gasteiger partial charge is 0.412 e. The Morgan fingerprint density at radius 1 is 0.375 bits per heavy atom. The Morgan fingerprint density at radius 3 is 0.375 bits per heavy atom. The first kappa shape index (κ1) is 283. The summed E-state index contributed by atoms with van der Waals surface area (Å²) in [6.07, 6.45) is 0. The van der Waals surface area contributed by atoms with Crippen molar-refractivity contribution in [3.8, 4) is 0 Å².